The van der Waals surface area contributed by atoms with Crippen molar-refractivity contribution in [3.05, 3.63) is 283 Å². The number of aryl methyl sites for hydroxylation is 1. The van der Waals surface area contributed by atoms with E-state index in [0.717, 1.165) is 230 Å². The van der Waals surface area contributed by atoms with E-state index in [-0.39, 0.29) is 39.3 Å². The Morgan fingerprint density at radius 2 is 0.738 bits per heavy atom. The number of hydrogen-bond acceptors (Lipinski definition) is 22. The van der Waals surface area contributed by atoms with Crippen LogP contribution in [0.25, 0.3) is 32.3 Å². The monoisotopic (exact) mass is 1880 g/mol. The molecule has 31 heteroatoms. The summed E-state index contributed by atoms with van der Waals surface area (Å²) in [5.41, 5.74) is 25.5. The highest BCUT2D eigenvalue weighted by atomic mass is 79.9. The van der Waals surface area contributed by atoms with Gasteiger partial charge in [0.15, 0.2) is 30.0 Å². The average Bonchev–Trinajstić information content (AvgIpc) is 1.52. The van der Waals surface area contributed by atoms with E-state index in [0.29, 0.717) is 10.3 Å². The molecule has 0 saturated carbocycles. The normalized spacial score (nSPS) is 15.5. The van der Waals surface area contributed by atoms with Crippen molar-refractivity contribution in [1.82, 2.24) is 38.8 Å². The molecule has 0 atom stereocenters. The Bertz CT molecular complexity index is 4690. The van der Waals surface area contributed by atoms with Crippen molar-refractivity contribution >= 4 is 153 Å². The summed E-state index contributed by atoms with van der Waals surface area (Å²) in [5, 5.41) is 75.8. The van der Waals surface area contributed by atoms with Gasteiger partial charge in [0.2, 0.25) is 0 Å². The molecule has 2 aromatic heterocycles. The third-order valence-electron chi connectivity index (χ3n) is 22.5. The number of hydrogen-bond donors (Lipinski definition) is 9. The lowest BCUT2D eigenvalue weighted by Crippen LogP contribution is -2.41. The van der Waals surface area contributed by atoms with Gasteiger partial charge in [-0.3, -0.25) is 14.4 Å². The topological polar surface area (TPSA) is 297 Å². The molecular weight excluding hydrogens is 1750 g/mol. The first-order chi connectivity index (χ1) is 60.7. The standard InChI is InChI=1S/C17H21BN2OS.C16H19BN2O2.C15H19BBrNO2.C15H20BNO2.C14H18BNO2.C13H17BBrNO.C2H5NS.C2H6O.CH4O/c1-13-19-16(12-22-13)17(14-6-4-3-5-7-14)15-8-10-20(11-9-15)18(2)21;1-17(20)19-9-7-14(8-10-19)16(15-11-18-12-21-15)13-5-3-2-4-6-13;1-16(20)18-9-7-13(8-10-18)15(14(19)11-17)12-5-3-2-4-6-12;1-12(18)15(13-6-4-3-5-7-13)14-8-10-17(11-9-14)16(2)19;1-15(18)16-9-7-13(8-10-16)14(11-17)12-5-3-2-4-6-12;1-14(17)16-9-7-12(8-10-16)13(15)11-5-3-2-4-6-11;1-2(3)4;1-2-3;1-2/h3-7,12,21H,8-11H2,1-2H3;2-6,11-12,20H,7-10H2,1H3;2-6,20H,7-11H2,1H3;3-7,19H,8-11H2,1-2H3;2-6,11,18H,7-10H2,1H3;2-6,17H,7-10H2,1H3;1H3,(H2,3,4);3H,2H2,1H3;2H,1H3. The molecular formula is C95H129B6Br2N9O12S2. The highest BCUT2D eigenvalue weighted by molar-refractivity contribution is 9.15. The summed E-state index contributed by atoms with van der Waals surface area (Å²) in [6, 6.07) is 60.8. The summed E-state index contributed by atoms with van der Waals surface area (Å²) >= 11 is 13.0. The first-order valence-corrected chi connectivity index (χ1v) is 46.9. The van der Waals surface area contributed by atoms with E-state index in [1.807, 2.05) is 156 Å². The van der Waals surface area contributed by atoms with Crippen LogP contribution in [-0.2, 0) is 14.4 Å². The third kappa shape index (κ3) is 35.6. The Labute approximate surface area is 777 Å². The van der Waals surface area contributed by atoms with E-state index in [2.05, 4.69) is 136 Å². The van der Waals surface area contributed by atoms with Crippen LogP contribution < -0.4 is 5.73 Å². The fourth-order valence-corrected chi connectivity index (χ4v) is 17.4. The van der Waals surface area contributed by atoms with Crippen molar-refractivity contribution in [2.75, 3.05) is 97.6 Å². The molecule has 126 heavy (non-hydrogen) atoms. The number of thiocarbonyl (C=S) groups is 1. The highest BCUT2D eigenvalue weighted by Gasteiger charge is 2.30. The van der Waals surface area contributed by atoms with Gasteiger partial charge in [-0.05, 0) is 258 Å². The number of thiazole rings is 1. The first-order valence-electron chi connectivity index (χ1n) is 43.7. The number of allylic oxidation sites excluding steroid dienone is 3. The largest absolute Gasteiger partial charge is 0.443 e. The van der Waals surface area contributed by atoms with Crippen molar-refractivity contribution in [3.8, 4) is 0 Å². The summed E-state index contributed by atoms with van der Waals surface area (Å²) in [6.07, 6.45) is 15.2. The first kappa shape index (κ1) is 107. The van der Waals surface area contributed by atoms with Crippen molar-refractivity contribution in [2.45, 2.75) is 146 Å². The number of nitrogens with two attached hydrogens (primary N) is 1. The molecule has 21 nitrogen and oxygen atoms in total. The van der Waals surface area contributed by atoms with Crippen LogP contribution in [0.1, 0.15) is 148 Å². The molecule has 0 radical (unpaired) electrons. The fraction of sp³-hybridized carbons (Fsp3) is 0.389. The van der Waals surface area contributed by atoms with Gasteiger partial charge in [-0.1, -0.05) is 260 Å². The van der Waals surface area contributed by atoms with Crippen LogP contribution in [0, 0.1) is 6.92 Å². The van der Waals surface area contributed by atoms with E-state index in [9.17, 15) is 44.5 Å². The number of carbonyl (C=O) groups is 3. The number of aromatic nitrogens is 2. The van der Waals surface area contributed by atoms with Gasteiger partial charge in [0.1, 0.15) is 0 Å². The van der Waals surface area contributed by atoms with Crippen LogP contribution in [-0.4, -0.2) is 242 Å². The number of aldehydes is 1. The van der Waals surface area contributed by atoms with Crippen molar-refractivity contribution < 1.29 is 59.2 Å². The second-order valence-electron chi connectivity index (χ2n) is 31.3. The second-order valence-corrected chi connectivity index (χ2v) is 34.4. The maximum Gasteiger partial charge on any atom is 0.376 e. The lowest BCUT2D eigenvalue weighted by atomic mass is 9.81. The fourth-order valence-electron chi connectivity index (χ4n) is 15.8. The zero-order valence-corrected chi connectivity index (χ0v) is 80.2. The molecule has 6 saturated heterocycles. The maximum atomic E-state index is 12.3. The Morgan fingerprint density at radius 3 is 1.03 bits per heavy atom. The molecule has 14 rings (SSSR count). The van der Waals surface area contributed by atoms with Gasteiger partial charge in [-0.2, -0.15) is 0 Å². The van der Waals surface area contributed by atoms with Crippen LogP contribution in [0.4, 0.5) is 0 Å². The molecule has 8 heterocycles. The molecule has 670 valence electrons. The minimum absolute atomic E-state index is 0.131. The van der Waals surface area contributed by atoms with Gasteiger partial charge in [0.25, 0.3) is 0 Å². The minimum Gasteiger partial charge on any atom is -0.443 e. The van der Waals surface area contributed by atoms with Crippen LogP contribution in [0.15, 0.2) is 238 Å². The number of benzene rings is 6. The number of aliphatic hydroxyl groups excluding tert-OH is 2. The van der Waals surface area contributed by atoms with Crippen LogP contribution in [0.3, 0.4) is 0 Å². The van der Waals surface area contributed by atoms with E-state index in [1.165, 1.54) is 61.0 Å². The second kappa shape index (κ2) is 58.8. The number of halogens is 2. The number of piperidine rings is 6. The van der Waals surface area contributed by atoms with Crippen molar-refractivity contribution in [3.63, 3.8) is 0 Å². The molecule has 6 fully saturated rings. The van der Waals surface area contributed by atoms with Gasteiger partial charge < -0.3 is 79.4 Å². The van der Waals surface area contributed by atoms with Crippen LogP contribution in [0.5, 0.6) is 0 Å². The number of carbonyl (C=O) groups excluding carboxylic acids is 3. The Balaban J connectivity index is 0.000000229. The van der Waals surface area contributed by atoms with E-state index < -0.39 is 21.2 Å². The molecule has 6 aromatic carbocycles. The Hall–Kier alpha value is -7.71. The van der Waals surface area contributed by atoms with Gasteiger partial charge in [-0.25, -0.2) is 9.97 Å². The van der Waals surface area contributed by atoms with Crippen molar-refractivity contribution in [1.29, 1.82) is 0 Å². The number of alkyl halides is 1. The smallest absolute Gasteiger partial charge is 0.376 e. The zero-order chi connectivity index (χ0) is 92.0. The Morgan fingerprint density at radius 1 is 0.460 bits per heavy atom. The summed E-state index contributed by atoms with van der Waals surface area (Å²) in [7, 11) is -1.28. The predicted octanol–water partition coefficient (Wildman–Crippen LogP) is 15.7. The van der Waals surface area contributed by atoms with E-state index >= 15 is 0 Å². The lowest BCUT2D eigenvalue weighted by Gasteiger charge is -2.30. The Kier molecular flexibility index (Phi) is 49.9. The number of oxazole rings is 1. The van der Waals surface area contributed by atoms with Gasteiger partial charge in [0, 0.05) is 51.4 Å². The molecule has 6 aliphatic rings. The summed E-state index contributed by atoms with van der Waals surface area (Å²) in [5.74, 6) is 1.09. The van der Waals surface area contributed by atoms with Gasteiger partial charge >= 0.3 is 42.3 Å². The zero-order valence-electron chi connectivity index (χ0n) is 75.4. The number of aliphatic hydroxyl groups is 2. The van der Waals surface area contributed by atoms with Gasteiger partial charge in [-0.15, -0.1) is 11.3 Å². The predicted molar refractivity (Wildman–Crippen MR) is 537 cm³/mol. The molecule has 8 aromatic rings. The molecule has 0 unspecified atom stereocenters. The lowest BCUT2D eigenvalue weighted by molar-refractivity contribution is -0.112. The average molecular weight is 1880 g/mol. The molecule has 10 N–H and O–H groups in total. The number of ketones is 2. The van der Waals surface area contributed by atoms with Gasteiger partial charge in [0.05, 0.1) is 27.2 Å². The van der Waals surface area contributed by atoms with E-state index in [1.54, 1.807) is 58.8 Å². The summed E-state index contributed by atoms with van der Waals surface area (Å²) < 4.78 is 6.77. The molecule has 0 bridgehead atoms. The summed E-state index contributed by atoms with van der Waals surface area (Å²) in [4.78, 5) is 57.2. The quantitative estimate of drug-likeness (QED) is 0.0127. The molecule has 0 aliphatic carbocycles. The van der Waals surface area contributed by atoms with Crippen LogP contribution in [0.2, 0.25) is 40.9 Å². The molecule has 0 amide bonds. The highest BCUT2D eigenvalue weighted by Crippen LogP contribution is 2.37. The van der Waals surface area contributed by atoms with Crippen molar-refractivity contribution in [2.24, 2.45) is 5.73 Å². The number of rotatable bonds is 18. The summed E-state index contributed by atoms with van der Waals surface area (Å²) in [6.45, 7) is 28.5. The molecule has 0 spiro atoms. The maximum absolute atomic E-state index is 12.3. The molecule has 6 aliphatic heterocycles. The number of Topliss-reactive ketones (excluding diaryl/α,β-unsaturated/α-hetero) is 2. The minimum atomic E-state index is -0.413. The van der Waals surface area contributed by atoms with Crippen LogP contribution >= 0.6 is 55.4 Å². The van der Waals surface area contributed by atoms with E-state index in [4.69, 9.17) is 25.3 Å². The SMILES string of the molecule is CB(O)N1CCC(=C(Br)c2ccccc2)CC1.CB(O)N1CCC(=C(C(=O)CBr)c2ccccc2)CC1.CB(O)N1CCC(=C(C(C)=O)c2ccccc2)CC1.CB(O)N1CCC(=C(C=O)c2ccccc2)CC1.CB(O)N1CCC(=C(c2ccccc2)c2cnco2)CC1.CB(O)N1CCC(=C(c2ccccc2)c2csc(C)n2)CC1.CC(N)=S.CCO.CO. The number of nitrogens with zero attached hydrogens (tertiary/aromatic N) is 8. The third-order valence-corrected chi connectivity index (χ3v) is 24.8.